The summed E-state index contributed by atoms with van der Waals surface area (Å²) in [7, 11) is 0. The lowest BCUT2D eigenvalue weighted by molar-refractivity contribution is 0.104. The number of fused-ring (bicyclic) bond motifs is 7. The summed E-state index contributed by atoms with van der Waals surface area (Å²) in [6.45, 7) is 0. The Kier molecular flexibility index (Phi) is 3.42. The molecule has 0 atom stereocenters. The smallest absolute Gasteiger partial charge is 0.197 e. The van der Waals surface area contributed by atoms with Crippen LogP contribution in [0.4, 0.5) is 17.1 Å². The Morgan fingerprint density at radius 2 is 1.16 bits per heavy atom. The molecule has 0 radical (unpaired) electrons. The number of rotatable bonds is 1. The fourth-order valence-electron chi connectivity index (χ4n) is 5.02. The van der Waals surface area contributed by atoms with Crippen LogP contribution in [0.3, 0.4) is 0 Å². The summed E-state index contributed by atoms with van der Waals surface area (Å²) in [5, 5.41) is 0. The molecule has 0 spiro atoms. The molecule has 0 N–H and O–H groups in total. The normalized spacial score (nSPS) is 13.2. The first-order valence-corrected chi connectivity index (χ1v) is 10.7. The van der Waals surface area contributed by atoms with Crippen LogP contribution in [-0.4, -0.2) is 5.78 Å². The van der Waals surface area contributed by atoms with Crippen molar-refractivity contribution in [3.05, 3.63) is 114 Å². The fourth-order valence-corrected chi connectivity index (χ4v) is 5.02. The van der Waals surface area contributed by atoms with Crippen LogP contribution in [0.2, 0.25) is 0 Å². The highest BCUT2D eigenvalue weighted by Gasteiger charge is 2.37. The van der Waals surface area contributed by atoms with Crippen LogP contribution >= 0.6 is 0 Å². The van der Waals surface area contributed by atoms with E-state index in [2.05, 4.69) is 23.1 Å². The van der Waals surface area contributed by atoms with E-state index in [1.165, 1.54) is 0 Å². The van der Waals surface area contributed by atoms with E-state index in [0.29, 0.717) is 0 Å². The standard InChI is InChI=1S/C29H17NO2/c31-29-27-19-10-3-1-2-9-18(19)17-21(27)20-11-8-14-24(28(20)29)30-22-12-4-6-15-25(22)32-26-16-7-5-13-23(26)30/h1-17H. The third-order valence-electron chi connectivity index (χ3n) is 6.37. The van der Waals surface area contributed by atoms with E-state index >= 15 is 0 Å². The molecule has 0 unspecified atom stereocenters. The zero-order valence-corrected chi connectivity index (χ0v) is 17.1. The van der Waals surface area contributed by atoms with Crippen molar-refractivity contribution >= 4 is 22.8 Å². The molecule has 3 aliphatic carbocycles. The van der Waals surface area contributed by atoms with E-state index in [-0.39, 0.29) is 5.78 Å². The molecule has 0 aromatic heterocycles. The second-order valence-corrected chi connectivity index (χ2v) is 8.11. The van der Waals surface area contributed by atoms with Crippen LogP contribution in [0.5, 0.6) is 11.5 Å². The molecule has 3 heteroatoms. The van der Waals surface area contributed by atoms with Crippen LogP contribution in [-0.2, 0) is 0 Å². The number of nitrogens with zero attached hydrogens (tertiary/aromatic N) is 1. The summed E-state index contributed by atoms with van der Waals surface area (Å²) in [4.78, 5) is 16.0. The van der Waals surface area contributed by atoms with Gasteiger partial charge in [0.15, 0.2) is 17.3 Å². The minimum absolute atomic E-state index is 0.0771. The Balaban J connectivity index is 1.51. The number of carbonyl (C=O) groups is 1. The molecule has 3 aromatic rings. The zero-order valence-electron chi connectivity index (χ0n) is 17.1. The lowest BCUT2D eigenvalue weighted by Crippen LogP contribution is -2.18. The highest BCUT2D eigenvalue weighted by atomic mass is 16.5. The molecule has 0 bridgehead atoms. The van der Waals surface area contributed by atoms with Crippen LogP contribution in [0.1, 0.15) is 15.9 Å². The molecule has 32 heavy (non-hydrogen) atoms. The molecule has 1 aliphatic heterocycles. The number of ether oxygens (including phenoxy) is 1. The van der Waals surface area contributed by atoms with E-state index in [4.69, 9.17) is 4.74 Å². The summed E-state index contributed by atoms with van der Waals surface area (Å²) in [6.07, 6.45) is 0. The maximum atomic E-state index is 13.9. The summed E-state index contributed by atoms with van der Waals surface area (Å²) >= 11 is 0. The maximum Gasteiger partial charge on any atom is 0.197 e. The van der Waals surface area contributed by atoms with E-state index < -0.39 is 0 Å². The predicted molar refractivity (Wildman–Crippen MR) is 127 cm³/mol. The molecule has 0 amide bonds. The summed E-state index contributed by atoms with van der Waals surface area (Å²) in [5.74, 6) is 1.63. The Hall–Kier alpha value is -4.37. The van der Waals surface area contributed by atoms with Crippen LogP contribution in [0, 0.1) is 0 Å². The zero-order chi connectivity index (χ0) is 21.2. The SMILES string of the molecule is O=C1c2c3cccccc-3cc2-c2cccc(N3c4ccccc4Oc4ccccc43)c21. The largest absolute Gasteiger partial charge is 0.453 e. The molecular formula is C29H17NO2. The quantitative estimate of drug-likeness (QED) is 0.279. The van der Waals surface area contributed by atoms with Crippen LogP contribution < -0.4 is 9.64 Å². The van der Waals surface area contributed by atoms with Gasteiger partial charge in [0.05, 0.1) is 22.6 Å². The maximum absolute atomic E-state index is 13.9. The van der Waals surface area contributed by atoms with Crippen molar-refractivity contribution in [2.45, 2.75) is 0 Å². The van der Waals surface area contributed by atoms with Crippen molar-refractivity contribution in [3.8, 4) is 33.8 Å². The van der Waals surface area contributed by atoms with Crippen molar-refractivity contribution in [2.75, 3.05) is 4.90 Å². The highest BCUT2D eigenvalue weighted by molar-refractivity contribution is 6.29. The van der Waals surface area contributed by atoms with Gasteiger partial charge in [0, 0.05) is 5.56 Å². The number of ketones is 1. The van der Waals surface area contributed by atoms with Gasteiger partial charge in [-0.1, -0.05) is 66.7 Å². The third kappa shape index (κ3) is 2.22. The van der Waals surface area contributed by atoms with Gasteiger partial charge in [-0.2, -0.15) is 0 Å². The minimum atomic E-state index is 0.0771. The van der Waals surface area contributed by atoms with E-state index in [0.717, 1.165) is 61.9 Å². The number of anilines is 3. The monoisotopic (exact) mass is 411 g/mol. The third-order valence-corrected chi connectivity index (χ3v) is 6.37. The van der Waals surface area contributed by atoms with Gasteiger partial charge in [0.1, 0.15) is 0 Å². The number of hydrogen-bond donors (Lipinski definition) is 0. The second-order valence-electron chi connectivity index (χ2n) is 8.11. The average molecular weight is 411 g/mol. The Morgan fingerprint density at radius 1 is 0.531 bits per heavy atom. The van der Waals surface area contributed by atoms with Gasteiger partial charge in [-0.3, -0.25) is 4.79 Å². The second kappa shape index (κ2) is 6.32. The van der Waals surface area contributed by atoms with E-state index in [9.17, 15) is 4.79 Å². The van der Waals surface area contributed by atoms with E-state index in [1.54, 1.807) is 0 Å². The first kappa shape index (κ1) is 17.3. The molecule has 0 saturated heterocycles. The van der Waals surface area contributed by atoms with Crippen molar-refractivity contribution in [2.24, 2.45) is 0 Å². The van der Waals surface area contributed by atoms with Gasteiger partial charge in [0.25, 0.3) is 0 Å². The lowest BCUT2D eigenvalue weighted by atomic mass is 10.00. The first-order valence-electron chi connectivity index (χ1n) is 10.7. The number of benzene rings is 3. The van der Waals surface area contributed by atoms with Crippen molar-refractivity contribution in [3.63, 3.8) is 0 Å². The van der Waals surface area contributed by atoms with Gasteiger partial charge >= 0.3 is 0 Å². The number of carbonyl (C=O) groups excluding carboxylic acids is 1. The van der Waals surface area contributed by atoms with Crippen molar-refractivity contribution in [1.29, 1.82) is 0 Å². The minimum Gasteiger partial charge on any atom is -0.453 e. The molecular weight excluding hydrogens is 394 g/mol. The van der Waals surface area contributed by atoms with Gasteiger partial charge in [0.2, 0.25) is 0 Å². The van der Waals surface area contributed by atoms with Crippen LogP contribution in [0.15, 0.2) is 103 Å². The highest BCUT2D eigenvalue weighted by Crippen LogP contribution is 2.54. The number of hydrogen-bond acceptors (Lipinski definition) is 3. The average Bonchev–Trinajstić information content (AvgIpc) is 3.22. The molecule has 0 fully saturated rings. The molecule has 7 rings (SSSR count). The van der Waals surface area contributed by atoms with Crippen LogP contribution in [0.25, 0.3) is 22.3 Å². The van der Waals surface area contributed by atoms with Gasteiger partial charge in [-0.05, 0) is 58.7 Å². The molecule has 3 aromatic carbocycles. The Labute approximate surface area is 185 Å². The lowest BCUT2D eigenvalue weighted by Gasteiger charge is -2.33. The number of para-hydroxylation sites is 4. The summed E-state index contributed by atoms with van der Waals surface area (Å²) in [5.41, 5.74) is 8.37. The molecule has 3 nitrogen and oxygen atoms in total. The molecule has 0 saturated carbocycles. The Bertz CT molecular complexity index is 1490. The fraction of sp³-hybridized carbons (Fsp3) is 0. The van der Waals surface area contributed by atoms with Gasteiger partial charge in [-0.15, -0.1) is 0 Å². The van der Waals surface area contributed by atoms with Crippen molar-refractivity contribution < 1.29 is 9.53 Å². The molecule has 1 heterocycles. The van der Waals surface area contributed by atoms with Crippen molar-refractivity contribution in [1.82, 2.24) is 0 Å². The molecule has 150 valence electrons. The van der Waals surface area contributed by atoms with E-state index in [1.807, 2.05) is 84.9 Å². The topological polar surface area (TPSA) is 29.5 Å². The predicted octanol–water partition coefficient (Wildman–Crippen LogP) is 7.58. The summed E-state index contributed by atoms with van der Waals surface area (Å²) < 4.78 is 6.16. The first-order chi connectivity index (χ1) is 15.8. The molecule has 4 aliphatic rings. The van der Waals surface area contributed by atoms with Gasteiger partial charge < -0.3 is 9.64 Å². The summed E-state index contributed by atoms with van der Waals surface area (Å²) in [6, 6.07) is 34.3. The Morgan fingerprint density at radius 3 is 1.94 bits per heavy atom. The van der Waals surface area contributed by atoms with Gasteiger partial charge in [-0.25, -0.2) is 0 Å².